The van der Waals surface area contributed by atoms with Crippen LogP contribution < -0.4 is 5.32 Å². The zero-order chi connectivity index (χ0) is 14.6. The molecule has 1 atom stereocenters. The van der Waals surface area contributed by atoms with Gasteiger partial charge in [0.15, 0.2) is 0 Å². The molecule has 0 saturated heterocycles. The molecule has 1 unspecified atom stereocenters. The molecule has 0 saturated carbocycles. The maximum Gasteiger partial charge on any atom is 0.471 e. The number of rotatable bonds is 4. The predicted molar refractivity (Wildman–Crippen MR) is 61.3 cm³/mol. The van der Waals surface area contributed by atoms with Gasteiger partial charge in [-0.3, -0.25) is 4.79 Å². The normalized spacial score (nSPS) is 12.8. The van der Waals surface area contributed by atoms with Crippen LogP contribution in [0.15, 0.2) is 22.9 Å². The molecule has 0 fully saturated rings. The third-order valence-electron chi connectivity index (χ3n) is 2.09. The molecule has 1 heterocycles. The number of carbonyl (C=O) groups excluding carboxylic acids is 1. The highest BCUT2D eigenvalue weighted by molar-refractivity contribution is 9.10. The van der Waals surface area contributed by atoms with Crippen molar-refractivity contribution in [3.8, 4) is 0 Å². The van der Waals surface area contributed by atoms with Crippen molar-refractivity contribution >= 4 is 27.8 Å². The number of carboxylic acid groups (broad SMARTS) is 1. The lowest BCUT2D eigenvalue weighted by atomic mass is 10.1. The fraction of sp³-hybridized carbons (Fsp3) is 0.300. The Morgan fingerprint density at radius 3 is 2.47 bits per heavy atom. The maximum absolute atomic E-state index is 12.0. The van der Waals surface area contributed by atoms with Gasteiger partial charge in [0.2, 0.25) is 0 Å². The number of halogens is 4. The van der Waals surface area contributed by atoms with Gasteiger partial charge in [-0.25, -0.2) is 9.78 Å². The summed E-state index contributed by atoms with van der Waals surface area (Å²) in [6, 6.07) is 1.34. The largest absolute Gasteiger partial charge is 0.480 e. The summed E-state index contributed by atoms with van der Waals surface area (Å²) < 4.78 is 36.6. The van der Waals surface area contributed by atoms with Crippen LogP contribution in [0, 0.1) is 0 Å². The Balaban J connectivity index is 2.77. The second kappa shape index (κ2) is 6.00. The number of carbonyl (C=O) groups is 2. The van der Waals surface area contributed by atoms with E-state index >= 15 is 0 Å². The van der Waals surface area contributed by atoms with Crippen molar-refractivity contribution in [1.82, 2.24) is 10.3 Å². The van der Waals surface area contributed by atoms with E-state index in [4.69, 9.17) is 5.11 Å². The first-order valence-electron chi connectivity index (χ1n) is 4.91. The standard InChI is InChI=1S/C10H8BrF3N2O3/c11-7-2-1-5(4-15-7)3-6(8(17)18)16-9(19)10(12,13)14/h1-2,4,6H,3H2,(H,16,19)(H,17,18). The highest BCUT2D eigenvalue weighted by atomic mass is 79.9. The molecule has 0 aliphatic rings. The van der Waals surface area contributed by atoms with Gasteiger partial charge in [-0.05, 0) is 27.6 Å². The Morgan fingerprint density at radius 2 is 2.05 bits per heavy atom. The van der Waals surface area contributed by atoms with Crippen LogP contribution >= 0.6 is 15.9 Å². The van der Waals surface area contributed by atoms with Crippen LogP contribution in [0.2, 0.25) is 0 Å². The number of amides is 1. The zero-order valence-electron chi connectivity index (χ0n) is 9.24. The first-order chi connectivity index (χ1) is 8.70. The number of nitrogens with zero attached hydrogens (tertiary/aromatic N) is 1. The van der Waals surface area contributed by atoms with Crippen molar-refractivity contribution in [2.45, 2.75) is 18.6 Å². The Labute approximate surface area is 114 Å². The summed E-state index contributed by atoms with van der Waals surface area (Å²) in [5, 5.41) is 10.2. The predicted octanol–water partition coefficient (Wildman–Crippen LogP) is 1.52. The molecule has 0 bridgehead atoms. The lowest BCUT2D eigenvalue weighted by Crippen LogP contribution is -2.47. The topological polar surface area (TPSA) is 79.3 Å². The summed E-state index contributed by atoms with van der Waals surface area (Å²) in [5.41, 5.74) is 0.387. The van der Waals surface area contributed by atoms with E-state index in [0.717, 1.165) is 0 Å². The van der Waals surface area contributed by atoms with E-state index in [2.05, 4.69) is 20.9 Å². The molecule has 1 aromatic heterocycles. The summed E-state index contributed by atoms with van der Waals surface area (Å²) in [4.78, 5) is 25.3. The van der Waals surface area contributed by atoms with Crippen LogP contribution in [0.4, 0.5) is 13.2 Å². The van der Waals surface area contributed by atoms with Gasteiger partial charge >= 0.3 is 18.1 Å². The Kier molecular flexibility index (Phi) is 4.87. The molecule has 0 radical (unpaired) electrons. The van der Waals surface area contributed by atoms with Crippen LogP contribution in [0.1, 0.15) is 5.56 Å². The molecule has 1 aromatic rings. The van der Waals surface area contributed by atoms with Crippen LogP contribution in [0.5, 0.6) is 0 Å². The van der Waals surface area contributed by atoms with Crippen molar-refractivity contribution < 1.29 is 27.9 Å². The van der Waals surface area contributed by atoms with E-state index in [1.807, 2.05) is 0 Å². The highest BCUT2D eigenvalue weighted by Gasteiger charge is 2.40. The number of hydrogen-bond donors (Lipinski definition) is 2. The van der Waals surface area contributed by atoms with Gasteiger partial charge in [0.25, 0.3) is 0 Å². The van der Waals surface area contributed by atoms with Gasteiger partial charge in [0.05, 0.1) is 0 Å². The number of hydrogen-bond acceptors (Lipinski definition) is 3. The third kappa shape index (κ3) is 4.86. The molecule has 104 valence electrons. The quantitative estimate of drug-likeness (QED) is 0.814. The van der Waals surface area contributed by atoms with Crippen LogP contribution in [-0.4, -0.2) is 34.2 Å². The molecule has 1 amide bonds. The summed E-state index contributed by atoms with van der Waals surface area (Å²) in [6.45, 7) is 0. The highest BCUT2D eigenvalue weighted by Crippen LogP contribution is 2.15. The Hall–Kier alpha value is -1.64. The number of aliphatic carboxylic acids is 1. The van der Waals surface area contributed by atoms with Crippen LogP contribution in [0.25, 0.3) is 0 Å². The summed E-state index contributed by atoms with van der Waals surface area (Å²) in [7, 11) is 0. The van der Waals surface area contributed by atoms with Gasteiger partial charge in [-0.15, -0.1) is 0 Å². The monoisotopic (exact) mass is 340 g/mol. The fourth-order valence-electron chi connectivity index (χ4n) is 1.20. The van der Waals surface area contributed by atoms with Gasteiger partial charge in [0.1, 0.15) is 10.6 Å². The molecule has 0 aliphatic carbocycles. The fourth-order valence-corrected chi connectivity index (χ4v) is 1.44. The van der Waals surface area contributed by atoms with Gasteiger partial charge < -0.3 is 10.4 Å². The van der Waals surface area contributed by atoms with Crippen molar-refractivity contribution in [3.63, 3.8) is 0 Å². The zero-order valence-corrected chi connectivity index (χ0v) is 10.8. The SMILES string of the molecule is O=C(O)C(Cc1ccc(Br)nc1)NC(=O)C(F)(F)F. The minimum Gasteiger partial charge on any atom is -0.480 e. The van der Waals surface area contributed by atoms with Crippen molar-refractivity contribution in [2.24, 2.45) is 0 Å². The number of carboxylic acids is 1. The molecular weight excluding hydrogens is 333 g/mol. The summed E-state index contributed by atoms with van der Waals surface area (Å²) in [5.74, 6) is -3.84. The van der Waals surface area contributed by atoms with E-state index < -0.39 is 24.1 Å². The summed E-state index contributed by atoms with van der Waals surface area (Å²) in [6.07, 6.45) is -4.11. The van der Waals surface area contributed by atoms with Crippen molar-refractivity contribution in [3.05, 3.63) is 28.5 Å². The lowest BCUT2D eigenvalue weighted by Gasteiger charge is -2.15. The van der Waals surface area contributed by atoms with E-state index in [0.29, 0.717) is 10.2 Å². The average molecular weight is 341 g/mol. The van der Waals surface area contributed by atoms with Crippen LogP contribution in [0.3, 0.4) is 0 Å². The van der Waals surface area contributed by atoms with E-state index in [-0.39, 0.29) is 6.42 Å². The average Bonchev–Trinajstić information content (AvgIpc) is 2.29. The second-order valence-electron chi connectivity index (χ2n) is 3.56. The third-order valence-corrected chi connectivity index (χ3v) is 2.56. The van der Waals surface area contributed by atoms with Crippen molar-refractivity contribution in [2.75, 3.05) is 0 Å². The minimum absolute atomic E-state index is 0.294. The molecule has 9 heteroatoms. The molecular formula is C10H8BrF3N2O3. The molecule has 19 heavy (non-hydrogen) atoms. The van der Waals surface area contributed by atoms with Gasteiger partial charge in [-0.1, -0.05) is 6.07 Å². The van der Waals surface area contributed by atoms with Crippen LogP contribution in [-0.2, 0) is 16.0 Å². The van der Waals surface area contributed by atoms with E-state index in [1.165, 1.54) is 23.6 Å². The Morgan fingerprint density at radius 1 is 1.42 bits per heavy atom. The van der Waals surface area contributed by atoms with Crippen molar-refractivity contribution in [1.29, 1.82) is 0 Å². The molecule has 0 aromatic carbocycles. The Bertz CT molecular complexity index is 476. The molecule has 0 spiro atoms. The molecule has 5 nitrogen and oxygen atoms in total. The number of alkyl halides is 3. The number of pyridine rings is 1. The number of nitrogens with one attached hydrogen (secondary N) is 1. The maximum atomic E-state index is 12.0. The van der Waals surface area contributed by atoms with E-state index in [1.54, 1.807) is 0 Å². The first kappa shape index (κ1) is 15.4. The second-order valence-corrected chi connectivity index (χ2v) is 4.37. The van der Waals surface area contributed by atoms with Gasteiger partial charge in [-0.2, -0.15) is 13.2 Å². The molecule has 1 rings (SSSR count). The summed E-state index contributed by atoms with van der Waals surface area (Å²) >= 11 is 3.06. The molecule has 0 aliphatic heterocycles. The van der Waals surface area contributed by atoms with Gasteiger partial charge in [0, 0.05) is 12.6 Å². The molecule has 2 N–H and O–H groups in total. The first-order valence-corrected chi connectivity index (χ1v) is 5.70. The minimum atomic E-state index is -5.12. The lowest BCUT2D eigenvalue weighted by molar-refractivity contribution is -0.175. The smallest absolute Gasteiger partial charge is 0.471 e. The number of aromatic nitrogens is 1. The van der Waals surface area contributed by atoms with E-state index in [9.17, 15) is 22.8 Å².